The van der Waals surface area contributed by atoms with E-state index < -0.39 is 0 Å². The molecule has 1 aromatic carbocycles. The van der Waals surface area contributed by atoms with Crippen LogP contribution >= 0.6 is 33.9 Å². The lowest BCUT2D eigenvalue weighted by atomic mass is 10.2. The maximum Gasteiger partial charge on any atom is 0.0375 e. The second-order valence-corrected chi connectivity index (χ2v) is 5.50. The molecule has 0 saturated heterocycles. The topological polar surface area (TPSA) is 0 Å². The van der Waals surface area contributed by atoms with Crippen molar-refractivity contribution >= 4 is 44.0 Å². The molecular weight excluding hydrogens is 279 g/mol. The van der Waals surface area contributed by atoms with Crippen LogP contribution in [0.2, 0.25) is 0 Å². The molecule has 2 heteroatoms. The maximum absolute atomic E-state index is 2.37. The highest BCUT2D eigenvalue weighted by atomic mass is 127. The summed E-state index contributed by atoms with van der Waals surface area (Å²) in [5.41, 5.74) is 1.40. The highest BCUT2D eigenvalue weighted by Crippen LogP contribution is 2.29. The fraction of sp³-hybridized carbons (Fsp3) is 0.200. The Balaban J connectivity index is 2.88. The van der Waals surface area contributed by atoms with Crippen LogP contribution in [-0.4, -0.2) is 0 Å². The Kier molecular flexibility index (Phi) is 2.12. The van der Waals surface area contributed by atoms with Gasteiger partial charge in [-0.1, -0.05) is 0 Å². The van der Waals surface area contributed by atoms with Crippen molar-refractivity contribution in [3.8, 4) is 0 Å². The smallest absolute Gasteiger partial charge is 0.0375 e. The number of halogens is 1. The first-order chi connectivity index (χ1) is 5.66. The van der Waals surface area contributed by atoms with Crippen molar-refractivity contribution in [2.45, 2.75) is 13.8 Å². The van der Waals surface area contributed by atoms with Gasteiger partial charge in [0.05, 0.1) is 0 Å². The van der Waals surface area contributed by atoms with Crippen molar-refractivity contribution < 1.29 is 0 Å². The number of thiophene rings is 1. The third-order valence-electron chi connectivity index (χ3n) is 1.89. The Hall–Kier alpha value is -0.0900. The first-order valence-corrected chi connectivity index (χ1v) is 5.72. The van der Waals surface area contributed by atoms with Crippen LogP contribution in [0.1, 0.15) is 10.4 Å². The molecule has 0 nitrogen and oxygen atoms in total. The van der Waals surface area contributed by atoms with Gasteiger partial charge in [0.15, 0.2) is 0 Å². The van der Waals surface area contributed by atoms with Crippen molar-refractivity contribution in [1.82, 2.24) is 0 Å². The standard InChI is InChI=1S/C10H9IS/c1-6-3-9(11)5-8-4-7(2)12-10(6)8/h3-5H,1-2H3. The van der Waals surface area contributed by atoms with Crippen LogP contribution in [0.5, 0.6) is 0 Å². The normalized spacial score (nSPS) is 10.9. The molecule has 2 rings (SSSR count). The van der Waals surface area contributed by atoms with Crippen molar-refractivity contribution in [3.05, 3.63) is 32.2 Å². The van der Waals surface area contributed by atoms with Gasteiger partial charge in [-0.25, -0.2) is 0 Å². The Morgan fingerprint density at radius 2 is 1.92 bits per heavy atom. The number of rotatable bonds is 0. The van der Waals surface area contributed by atoms with E-state index in [0.717, 1.165) is 0 Å². The minimum absolute atomic E-state index is 1.33. The molecule has 0 aliphatic rings. The van der Waals surface area contributed by atoms with Crippen LogP contribution in [0, 0.1) is 17.4 Å². The van der Waals surface area contributed by atoms with E-state index in [1.165, 1.54) is 24.1 Å². The van der Waals surface area contributed by atoms with Crippen molar-refractivity contribution in [2.24, 2.45) is 0 Å². The molecule has 2 aromatic rings. The number of hydrogen-bond donors (Lipinski definition) is 0. The van der Waals surface area contributed by atoms with Gasteiger partial charge in [0, 0.05) is 13.1 Å². The molecule has 0 aliphatic heterocycles. The lowest BCUT2D eigenvalue weighted by Gasteiger charge is -1.95. The Bertz CT molecular complexity index is 429. The minimum Gasteiger partial charge on any atom is -0.140 e. The number of benzene rings is 1. The molecule has 1 heterocycles. The highest BCUT2D eigenvalue weighted by molar-refractivity contribution is 14.1. The largest absolute Gasteiger partial charge is 0.140 e. The second-order valence-electron chi connectivity index (χ2n) is 3.00. The van der Waals surface area contributed by atoms with Crippen LogP contribution in [0.25, 0.3) is 10.1 Å². The third kappa shape index (κ3) is 1.38. The Labute approximate surface area is 89.7 Å². The fourth-order valence-electron chi connectivity index (χ4n) is 1.41. The van der Waals surface area contributed by atoms with E-state index in [-0.39, 0.29) is 0 Å². The molecule has 0 fully saturated rings. The number of hydrogen-bond acceptors (Lipinski definition) is 1. The summed E-state index contributed by atoms with van der Waals surface area (Å²) < 4.78 is 2.77. The molecule has 0 atom stereocenters. The molecule has 0 amide bonds. The molecule has 0 radical (unpaired) electrons. The van der Waals surface area contributed by atoms with E-state index in [0.29, 0.717) is 0 Å². The van der Waals surface area contributed by atoms with Gasteiger partial charge in [-0.2, -0.15) is 0 Å². The van der Waals surface area contributed by atoms with Crippen LogP contribution in [0.15, 0.2) is 18.2 Å². The fourth-order valence-corrected chi connectivity index (χ4v) is 3.18. The molecule has 62 valence electrons. The van der Waals surface area contributed by atoms with Gasteiger partial charge in [-0.3, -0.25) is 0 Å². The van der Waals surface area contributed by atoms with Gasteiger partial charge < -0.3 is 0 Å². The molecule has 1 aromatic heterocycles. The van der Waals surface area contributed by atoms with Crippen LogP contribution in [0.3, 0.4) is 0 Å². The van der Waals surface area contributed by atoms with Crippen LogP contribution in [-0.2, 0) is 0 Å². The monoisotopic (exact) mass is 288 g/mol. The molecular formula is C10H9IS. The average molecular weight is 288 g/mol. The third-order valence-corrected chi connectivity index (χ3v) is 3.71. The van der Waals surface area contributed by atoms with Gasteiger partial charge in [-0.15, -0.1) is 11.3 Å². The molecule has 0 saturated carbocycles. The second kappa shape index (κ2) is 3.00. The lowest BCUT2D eigenvalue weighted by Crippen LogP contribution is -1.74. The number of aryl methyl sites for hydroxylation is 2. The zero-order chi connectivity index (χ0) is 8.72. The summed E-state index contributed by atoms with van der Waals surface area (Å²) in [5.74, 6) is 0. The first-order valence-electron chi connectivity index (χ1n) is 3.83. The average Bonchev–Trinajstić information content (AvgIpc) is 2.29. The predicted molar refractivity (Wildman–Crippen MR) is 64.0 cm³/mol. The highest BCUT2D eigenvalue weighted by Gasteiger charge is 2.02. The van der Waals surface area contributed by atoms with Gasteiger partial charge in [0.25, 0.3) is 0 Å². The quantitative estimate of drug-likeness (QED) is 0.640. The number of fused-ring (bicyclic) bond motifs is 1. The zero-order valence-corrected chi connectivity index (χ0v) is 9.99. The molecule has 0 N–H and O–H groups in total. The van der Waals surface area contributed by atoms with E-state index in [4.69, 9.17) is 0 Å². The van der Waals surface area contributed by atoms with E-state index in [1.54, 1.807) is 0 Å². The molecule has 0 bridgehead atoms. The maximum atomic E-state index is 2.37. The van der Waals surface area contributed by atoms with Gasteiger partial charge in [0.1, 0.15) is 0 Å². The summed E-state index contributed by atoms with van der Waals surface area (Å²) in [7, 11) is 0. The van der Waals surface area contributed by atoms with E-state index in [2.05, 4.69) is 54.6 Å². The van der Waals surface area contributed by atoms with Crippen LogP contribution in [0.4, 0.5) is 0 Å². The van der Waals surface area contributed by atoms with Crippen LogP contribution < -0.4 is 0 Å². The summed E-state index contributed by atoms with van der Waals surface area (Å²) in [5, 5.41) is 1.39. The molecule has 12 heavy (non-hydrogen) atoms. The predicted octanol–water partition coefficient (Wildman–Crippen LogP) is 4.12. The summed E-state index contributed by atoms with van der Waals surface area (Å²) in [4.78, 5) is 1.40. The van der Waals surface area contributed by atoms with Crippen molar-refractivity contribution in [3.63, 3.8) is 0 Å². The Morgan fingerprint density at radius 3 is 2.67 bits per heavy atom. The Morgan fingerprint density at radius 1 is 1.17 bits per heavy atom. The van der Waals surface area contributed by atoms with E-state index >= 15 is 0 Å². The zero-order valence-electron chi connectivity index (χ0n) is 7.02. The van der Waals surface area contributed by atoms with Crippen molar-refractivity contribution in [1.29, 1.82) is 0 Å². The van der Waals surface area contributed by atoms with E-state index in [9.17, 15) is 0 Å². The summed E-state index contributed by atoms with van der Waals surface area (Å²) >= 11 is 4.25. The minimum atomic E-state index is 1.33. The van der Waals surface area contributed by atoms with Gasteiger partial charge in [0.2, 0.25) is 0 Å². The SMILES string of the molecule is Cc1cc2cc(I)cc(C)c2s1. The lowest BCUT2D eigenvalue weighted by molar-refractivity contribution is 1.53. The summed E-state index contributed by atoms with van der Waals surface area (Å²) in [6, 6.07) is 6.74. The van der Waals surface area contributed by atoms with Crippen molar-refractivity contribution in [2.75, 3.05) is 0 Å². The van der Waals surface area contributed by atoms with E-state index in [1.807, 2.05) is 11.3 Å². The summed E-state index contributed by atoms with van der Waals surface area (Å²) in [6.45, 7) is 4.34. The molecule has 0 unspecified atom stereocenters. The van der Waals surface area contributed by atoms with Gasteiger partial charge in [-0.05, 0) is 65.6 Å². The molecule has 0 spiro atoms. The van der Waals surface area contributed by atoms with Gasteiger partial charge >= 0.3 is 0 Å². The molecule has 0 aliphatic carbocycles. The first kappa shape index (κ1) is 8.51. The summed E-state index contributed by atoms with van der Waals surface area (Å²) in [6.07, 6.45) is 0.